The molecule has 2 heterocycles. The average Bonchev–Trinajstić information content (AvgIpc) is 2.75. The summed E-state index contributed by atoms with van der Waals surface area (Å²) >= 11 is 0. The predicted octanol–water partition coefficient (Wildman–Crippen LogP) is 2.85. The minimum atomic E-state index is 0.0504. The lowest BCUT2D eigenvalue weighted by Gasteiger charge is -2.25. The van der Waals surface area contributed by atoms with Crippen LogP contribution >= 0.6 is 0 Å². The molecule has 1 amide bonds. The predicted molar refractivity (Wildman–Crippen MR) is 92.4 cm³/mol. The van der Waals surface area contributed by atoms with E-state index in [1.54, 1.807) is 0 Å². The summed E-state index contributed by atoms with van der Waals surface area (Å²) in [5.41, 5.74) is 2.57. The summed E-state index contributed by atoms with van der Waals surface area (Å²) in [5.74, 6) is 0.648. The first kappa shape index (κ1) is 16.1. The summed E-state index contributed by atoms with van der Waals surface area (Å²) in [4.78, 5) is 14.3. The van der Waals surface area contributed by atoms with Gasteiger partial charge in [-0.2, -0.15) is 0 Å². The van der Waals surface area contributed by atoms with Crippen LogP contribution in [-0.4, -0.2) is 41.7 Å². The van der Waals surface area contributed by atoms with Gasteiger partial charge in [-0.25, -0.2) is 0 Å². The maximum Gasteiger partial charge on any atom is 0.225 e. The van der Waals surface area contributed by atoms with Gasteiger partial charge in [0.05, 0.1) is 13.2 Å². The molecule has 1 saturated heterocycles. The molecule has 0 bridgehead atoms. The van der Waals surface area contributed by atoms with Crippen LogP contribution in [0.5, 0.6) is 0 Å². The fraction of sp³-hybridized carbons (Fsp3) is 0.526. The maximum atomic E-state index is 12.3. The summed E-state index contributed by atoms with van der Waals surface area (Å²) in [6.45, 7) is 6.81. The number of aromatic nitrogens is 1. The Labute approximate surface area is 138 Å². The molecular formula is C19H26N2O2. The first-order chi connectivity index (χ1) is 11.0. The van der Waals surface area contributed by atoms with E-state index in [2.05, 4.69) is 42.1 Å². The van der Waals surface area contributed by atoms with E-state index in [9.17, 15) is 4.79 Å². The fourth-order valence-corrected chi connectivity index (χ4v) is 3.36. The minimum Gasteiger partial charge on any atom is -0.379 e. The first-order valence-corrected chi connectivity index (χ1v) is 8.45. The molecule has 4 nitrogen and oxygen atoms in total. The van der Waals surface area contributed by atoms with Crippen LogP contribution in [0, 0.1) is 11.8 Å². The van der Waals surface area contributed by atoms with E-state index in [0.29, 0.717) is 19.1 Å². The van der Waals surface area contributed by atoms with Crippen LogP contribution in [-0.2, 0) is 23.0 Å². The minimum absolute atomic E-state index is 0.0504. The van der Waals surface area contributed by atoms with Crippen LogP contribution in [0.3, 0.4) is 0 Å². The third kappa shape index (κ3) is 3.58. The highest BCUT2D eigenvalue weighted by Crippen LogP contribution is 2.20. The third-order valence-corrected chi connectivity index (χ3v) is 4.62. The molecule has 0 radical (unpaired) electrons. The number of amides is 1. The highest BCUT2D eigenvalue weighted by Gasteiger charge is 2.24. The van der Waals surface area contributed by atoms with Gasteiger partial charge < -0.3 is 14.2 Å². The molecule has 2 aromatic rings. The van der Waals surface area contributed by atoms with Gasteiger partial charge in [-0.1, -0.05) is 19.9 Å². The van der Waals surface area contributed by atoms with Crippen molar-refractivity contribution in [3.05, 3.63) is 36.0 Å². The molecule has 0 saturated carbocycles. The zero-order valence-corrected chi connectivity index (χ0v) is 14.3. The Morgan fingerprint density at radius 2 is 2.17 bits per heavy atom. The number of rotatable bonds is 3. The van der Waals surface area contributed by atoms with Crippen LogP contribution in [0.4, 0.5) is 0 Å². The number of hydrogen-bond donors (Lipinski definition) is 0. The maximum absolute atomic E-state index is 12.3. The molecule has 1 atom stereocenters. The summed E-state index contributed by atoms with van der Waals surface area (Å²) < 4.78 is 7.87. The van der Waals surface area contributed by atoms with Gasteiger partial charge in [-0.3, -0.25) is 4.79 Å². The number of ether oxygens (including phenoxy) is 1. The average molecular weight is 314 g/mol. The molecule has 0 spiro atoms. The van der Waals surface area contributed by atoms with E-state index in [0.717, 1.165) is 19.6 Å². The molecule has 0 unspecified atom stereocenters. The van der Waals surface area contributed by atoms with E-state index < -0.39 is 0 Å². The number of aryl methyl sites for hydroxylation is 1. The van der Waals surface area contributed by atoms with E-state index in [1.165, 1.54) is 16.5 Å². The summed E-state index contributed by atoms with van der Waals surface area (Å²) in [6.07, 6.45) is 3.04. The lowest BCUT2D eigenvalue weighted by atomic mass is 9.98. The van der Waals surface area contributed by atoms with Gasteiger partial charge in [-0.05, 0) is 35.6 Å². The van der Waals surface area contributed by atoms with Crippen molar-refractivity contribution in [1.82, 2.24) is 9.47 Å². The number of carbonyl (C=O) groups excluding carboxylic acids is 1. The number of carbonyl (C=O) groups is 1. The standard InChI is InChI=1S/C19H26N2O2/c1-14(2)19(22)21-8-9-23-13-16(12-21)10-15-4-5-18-17(11-15)6-7-20(18)3/h4-7,11,14,16H,8-10,12-13H2,1-3H3/t16-/m1/s1. The van der Waals surface area contributed by atoms with Gasteiger partial charge in [0.15, 0.2) is 0 Å². The molecule has 0 aliphatic carbocycles. The zero-order valence-electron chi connectivity index (χ0n) is 14.3. The first-order valence-electron chi connectivity index (χ1n) is 8.45. The topological polar surface area (TPSA) is 34.5 Å². The van der Waals surface area contributed by atoms with Crippen LogP contribution in [0.15, 0.2) is 30.5 Å². The number of nitrogens with zero attached hydrogens (tertiary/aromatic N) is 2. The van der Waals surface area contributed by atoms with Gasteiger partial charge in [0, 0.05) is 43.7 Å². The summed E-state index contributed by atoms with van der Waals surface area (Å²) in [6, 6.07) is 8.78. The van der Waals surface area contributed by atoms with Crippen molar-refractivity contribution in [1.29, 1.82) is 0 Å². The number of hydrogen-bond acceptors (Lipinski definition) is 2. The van der Waals surface area contributed by atoms with Crippen LogP contribution in [0.2, 0.25) is 0 Å². The lowest BCUT2D eigenvalue weighted by molar-refractivity contribution is -0.134. The van der Waals surface area contributed by atoms with Crippen LogP contribution in [0.25, 0.3) is 10.9 Å². The molecule has 0 N–H and O–H groups in total. The SMILES string of the molecule is CC(C)C(=O)N1CCOC[C@H](Cc2ccc3c(ccn3C)c2)C1. The van der Waals surface area contributed by atoms with Crippen molar-refractivity contribution in [2.24, 2.45) is 18.9 Å². The summed E-state index contributed by atoms with van der Waals surface area (Å²) in [7, 11) is 2.07. The summed E-state index contributed by atoms with van der Waals surface area (Å²) in [5, 5.41) is 1.27. The Kier molecular flexibility index (Phi) is 4.71. The molecule has 1 aromatic carbocycles. The molecule has 1 aromatic heterocycles. The van der Waals surface area contributed by atoms with Crippen molar-refractivity contribution in [3.63, 3.8) is 0 Å². The Bertz CT molecular complexity index is 690. The van der Waals surface area contributed by atoms with Crippen molar-refractivity contribution >= 4 is 16.8 Å². The molecule has 23 heavy (non-hydrogen) atoms. The highest BCUT2D eigenvalue weighted by molar-refractivity contribution is 5.80. The molecule has 1 fully saturated rings. The van der Waals surface area contributed by atoms with Gasteiger partial charge >= 0.3 is 0 Å². The Balaban J connectivity index is 1.72. The van der Waals surface area contributed by atoms with Gasteiger partial charge in [0.2, 0.25) is 5.91 Å². The molecule has 124 valence electrons. The monoisotopic (exact) mass is 314 g/mol. The second-order valence-corrected chi connectivity index (χ2v) is 6.90. The van der Waals surface area contributed by atoms with E-state index in [-0.39, 0.29) is 11.8 Å². The second kappa shape index (κ2) is 6.75. The van der Waals surface area contributed by atoms with Gasteiger partial charge in [0.1, 0.15) is 0 Å². The largest absolute Gasteiger partial charge is 0.379 e. The van der Waals surface area contributed by atoms with Gasteiger partial charge in [0.25, 0.3) is 0 Å². The molecule has 4 heteroatoms. The lowest BCUT2D eigenvalue weighted by Crippen LogP contribution is -2.38. The van der Waals surface area contributed by atoms with Crippen molar-refractivity contribution < 1.29 is 9.53 Å². The fourth-order valence-electron chi connectivity index (χ4n) is 3.36. The second-order valence-electron chi connectivity index (χ2n) is 6.90. The molecule has 1 aliphatic rings. The molecule has 3 rings (SSSR count). The van der Waals surface area contributed by atoms with Crippen LogP contribution < -0.4 is 0 Å². The Morgan fingerprint density at radius 1 is 1.35 bits per heavy atom. The van der Waals surface area contributed by atoms with E-state index >= 15 is 0 Å². The van der Waals surface area contributed by atoms with Crippen molar-refractivity contribution in [2.45, 2.75) is 20.3 Å². The van der Waals surface area contributed by atoms with Gasteiger partial charge in [-0.15, -0.1) is 0 Å². The Hall–Kier alpha value is -1.81. The smallest absolute Gasteiger partial charge is 0.225 e. The van der Waals surface area contributed by atoms with Crippen molar-refractivity contribution in [2.75, 3.05) is 26.3 Å². The number of benzene rings is 1. The van der Waals surface area contributed by atoms with E-state index in [1.807, 2.05) is 18.7 Å². The zero-order chi connectivity index (χ0) is 16.4. The van der Waals surface area contributed by atoms with Crippen LogP contribution in [0.1, 0.15) is 19.4 Å². The molecular weight excluding hydrogens is 288 g/mol. The number of fused-ring (bicyclic) bond motifs is 1. The highest BCUT2D eigenvalue weighted by atomic mass is 16.5. The molecule has 1 aliphatic heterocycles. The normalized spacial score (nSPS) is 19.3. The Morgan fingerprint density at radius 3 is 2.96 bits per heavy atom. The van der Waals surface area contributed by atoms with Crippen molar-refractivity contribution in [3.8, 4) is 0 Å². The van der Waals surface area contributed by atoms with E-state index in [4.69, 9.17) is 4.74 Å². The quantitative estimate of drug-likeness (QED) is 0.873. The third-order valence-electron chi connectivity index (χ3n) is 4.62.